The van der Waals surface area contributed by atoms with E-state index in [4.69, 9.17) is 9.47 Å². The van der Waals surface area contributed by atoms with Crippen molar-refractivity contribution in [2.45, 2.75) is 52.6 Å². The van der Waals surface area contributed by atoms with Crippen molar-refractivity contribution in [1.82, 2.24) is 9.80 Å². The minimum absolute atomic E-state index is 0.260. The molecule has 0 radical (unpaired) electrons. The third kappa shape index (κ3) is 5.14. The smallest absolute Gasteiger partial charge is 0.256 e. The molecule has 0 saturated heterocycles. The molecule has 8 heteroatoms. The molecule has 0 aromatic carbocycles. The van der Waals surface area contributed by atoms with Crippen LogP contribution in [-0.4, -0.2) is 71.9 Å². The Hall–Kier alpha value is -2.32. The number of carbonyl (C=O) groups is 4. The first-order chi connectivity index (χ1) is 13.2. The summed E-state index contributed by atoms with van der Waals surface area (Å²) in [5, 5.41) is 0. The van der Waals surface area contributed by atoms with E-state index in [0.717, 1.165) is 12.8 Å². The van der Waals surface area contributed by atoms with Crippen LogP contribution in [0.1, 0.15) is 40.5 Å². The van der Waals surface area contributed by atoms with Crippen LogP contribution < -0.4 is 0 Å². The lowest BCUT2D eigenvalue weighted by Crippen LogP contribution is -2.41. The number of amides is 4. The maximum Gasteiger partial charge on any atom is 0.256 e. The topological polar surface area (TPSA) is 93.2 Å². The monoisotopic (exact) mass is 392 g/mol. The number of hydrogen-bond donors (Lipinski definition) is 0. The van der Waals surface area contributed by atoms with Gasteiger partial charge in [-0.25, -0.2) is 0 Å². The van der Waals surface area contributed by atoms with E-state index >= 15 is 0 Å². The molecule has 2 rings (SSSR count). The fraction of sp³-hybridized carbons (Fsp3) is 0.600. The molecule has 2 aliphatic rings. The van der Waals surface area contributed by atoms with Crippen LogP contribution in [0.4, 0.5) is 0 Å². The molecule has 154 valence electrons. The van der Waals surface area contributed by atoms with Gasteiger partial charge in [-0.2, -0.15) is 0 Å². The van der Waals surface area contributed by atoms with Gasteiger partial charge in [-0.15, -0.1) is 0 Å². The Morgan fingerprint density at radius 2 is 1.11 bits per heavy atom. The fourth-order valence-electron chi connectivity index (χ4n) is 3.11. The molecule has 0 bridgehead atoms. The molecule has 2 atom stereocenters. The van der Waals surface area contributed by atoms with Gasteiger partial charge in [-0.05, 0) is 40.5 Å². The van der Waals surface area contributed by atoms with Crippen molar-refractivity contribution in [3.05, 3.63) is 23.3 Å². The quantitative estimate of drug-likeness (QED) is 0.388. The Morgan fingerprint density at radius 1 is 0.750 bits per heavy atom. The van der Waals surface area contributed by atoms with Crippen molar-refractivity contribution in [3.8, 4) is 0 Å². The van der Waals surface area contributed by atoms with Gasteiger partial charge in [0.2, 0.25) is 0 Å². The lowest BCUT2D eigenvalue weighted by molar-refractivity contribution is -0.142. The largest absolute Gasteiger partial charge is 0.379 e. The van der Waals surface area contributed by atoms with Crippen molar-refractivity contribution in [2.24, 2.45) is 0 Å². The molecule has 0 aliphatic carbocycles. The molecular formula is C20H28N2O6. The van der Waals surface area contributed by atoms with Crippen molar-refractivity contribution in [1.29, 1.82) is 0 Å². The van der Waals surface area contributed by atoms with Gasteiger partial charge >= 0.3 is 0 Å². The minimum atomic E-state index is -0.307. The molecule has 0 aromatic heterocycles. The van der Waals surface area contributed by atoms with E-state index in [-0.39, 0.29) is 35.7 Å². The molecular weight excluding hydrogens is 364 g/mol. The Morgan fingerprint density at radius 3 is 1.39 bits per heavy atom. The van der Waals surface area contributed by atoms with Crippen LogP contribution in [0.15, 0.2) is 23.3 Å². The van der Waals surface area contributed by atoms with E-state index in [2.05, 4.69) is 0 Å². The lowest BCUT2D eigenvalue weighted by atomic mass is 10.3. The van der Waals surface area contributed by atoms with Gasteiger partial charge in [0.05, 0.1) is 25.3 Å². The number of imide groups is 2. The summed E-state index contributed by atoms with van der Waals surface area (Å²) >= 11 is 0. The van der Waals surface area contributed by atoms with Gasteiger partial charge in [0.15, 0.2) is 0 Å². The third-order valence-electron chi connectivity index (χ3n) is 4.69. The summed E-state index contributed by atoms with van der Waals surface area (Å²) < 4.78 is 11.1. The number of ether oxygens (including phenoxy) is 2. The van der Waals surface area contributed by atoms with E-state index in [1.165, 1.54) is 22.0 Å². The second-order valence-corrected chi connectivity index (χ2v) is 7.24. The van der Waals surface area contributed by atoms with Gasteiger partial charge in [0, 0.05) is 36.5 Å². The fourth-order valence-corrected chi connectivity index (χ4v) is 3.11. The van der Waals surface area contributed by atoms with E-state index in [9.17, 15) is 19.2 Å². The summed E-state index contributed by atoms with van der Waals surface area (Å²) in [7, 11) is 0. The molecule has 0 aromatic rings. The van der Waals surface area contributed by atoms with Crippen molar-refractivity contribution in [2.75, 3.05) is 26.4 Å². The zero-order valence-corrected chi connectivity index (χ0v) is 16.9. The third-order valence-corrected chi connectivity index (χ3v) is 4.69. The molecule has 0 fully saturated rings. The zero-order valence-electron chi connectivity index (χ0n) is 16.9. The van der Waals surface area contributed by atoms with Crippen molar-refractivity contribution >= 4 is 23.6 Å². The van der Waals surface area contributed by atoms with E-state index < -0.39 is 0 Å². The second-order valence-electron chi connectivity index (χ2n) is 7.24. The molecule has 0 N–H and O–H groups in total. The second kappa shape index (κ2) is 9.75. The van der Waals surface area contributed by atoms with Crippen LogP contribution in [0, 0.1) is 0 Å². The summed E-state index contributed by atoms with van der Waals surface area (Å²) in [5.41, 5.74) is 0.901. The van der Waals surface area contributed by atoms with Crippen molar-refractivity contribution in [3.63, 3.8) is 0 Å². The number of nitrogens with zero attached hydrogens (tertiary/aromatic N) is 2. The molecule has 4 amide bonds. The highest BCUT2D eigenvalue weighted by Crippen LogP contribution is 2.16. The molecule has 0 spiro atoms. The summed E-state index contributed by atoms with van der Waals surface area (Å²) in [6, 6.07) is -0.614. The minimum Gasteiger partial charge on any atom is -0.379 e. The molecule has 8 nitrogen and oxygen atoms in total. The zero-order chi connectivity index (χ0) is 20.8. The average molecular weight is 392 g/mol. The summed E-state index contributed by atoms with van der Waals surface area (Å²) in [6.07, 6.45) is 4.22. The predicted octanol–water partition coefficient (Wildman–Crippen LogP) is 1.21. The first-order valence-electron chi connectivity index (χ1n) is 9.51. The number of rotatable bonds is 11. The molecule has 2 heterocycles. The summed E-state index contributed by atoms with van der Waals surface area (Å²) in [5.74, 6) is -1.10. The average Bonchev–Trinajstić information content (AvgIpc) is 3.03. The lowest BCUT2D eigenvalue weighted by Gasteiger charge is -2.23. The molecule has 0 saturated carbocycles. The van der Waals surface area contributed by atoms with Crippen LogP contribution in [0.25, 0.3) is 0 Å². The van der Waals surface area contributed by atoms with Gasteiger partial charge in [-0.1, -0.05) is 0 Å². The highest BCUT2D eigenvalue weighted by atomic mass is 16.5. The standard InChI is InChI=1S/C20H28N2O6/c1-13-9-17(23)21(19(13)25)15(3)11-27-7-5-6-8-28-12-16(4)22-18(24)10-14(2)20(22)26/h9-10,15-16H,5-8,11-12H2,1-4H3. The first-order valence-corrected chi connectivity index (χ1v) is 9.51. The van der Waals surface area contributed by atoms with Gasteiger partial charge in [0.25, 0.3) is 23.6 Å². The first kappa shape index (κ1) is 22.0. The molecule has 28 heavy (non-hydrogen) atoms. The number of unbranched alkanes of at least 4 members (excludes halogenated alkanes) is 1. The summed E-state index contributed by atoms with van der Waals surface area (Å²) in [4.78, 5) is 49.7. The highest BCUT2D eigenvalue weighted by Gasteiger charge is 2.33. The van der Waals surface area contributed by atoms with Gasteiger partial charge in [0.1, 0.15) is 0 Å². The molecule has 2 aliphatic heterocycles. The van der Waals surface area contributed by atoms with Crippen LogP contribution in [-0.2, 0) is 28.7 Å². The maximum absolute atomic E-state index is 11.9. The van der Waals surface area contributed by atoms with Gasteiger partial charge < -0.3 is 9.47 Å². The van der Waals surface area contributed by atoms with E-state index in [1.807, 2.05) is 0 Å². The van der Waals surface area contributed by atoms with Gasteiger partial charge in [-0.3, -0.25) is 29.0 Å². The van der Waals surface area contributed by atoms with E-state index in [1.54, 1.807) is 27.7 Å². The predicted molar refractivity (Wildman–Crippen MR) is 101 cm³/mol. The Kier molecular flexibility index (Phi) is 7.65. The molecule has 2 unspecified atom stereocenters. The van der Waals surface area contributed by atoms with Crippen LogP contribution >= 0.6 is 0 Å². The SMILES string of the molecule is CC1=CC(=O)N(C(C)COCCCCOCC(C)N2C(=O)C=C(C)C2=O)C1=O. The Bertz CT molecular complexity index is 651. The highest BCUT2D eigenvalue weighted by molar-refractivity contribution is 6.16. The Labute approximate surface area is 165 Å². The van der Waals surface area contributed by atoms with Crippen LogP contribution in [0.2, 0.25) is 0 Å². The Balaban J connectivity index is 1.53. The number of hydrogen-bond acceptors (Lipinski definition) is 6. The van der Waals surface area contributed by atoms with E-state index in [0.29, 0.717) is 37.6 Å². The summed E-state index contributed by atoms with van der Waals surface area (Å²) in [6.45, 7) is 8.40. The number of carbonyl (C=O) groups excluding carboxylic acids is 4. The normalized spacial score (nSPS) is 19.4. The van der Waals surface area contributed by atoms with Crippen LogP contribution in [0.3, 0.4) is 0 Å². The van der Waals surface area contributed by atoms with Crippen molar-refractivity contribution < 1.29 is 28.7 Å². The maximum atomic E-state index is 11.9. The van der Waals surface area contributed by atoms with Crippen LogP contribution in [0.5, 0.6) is 0 Å².